The Hall–Kier alpha value is -0.0426. The molecule has 0 aliphatic rings. The average molecular weight is 347 g/mol. The number of alkyl halides is 6. The molecule has 0 spiro atoms. The van der Waals surface area contributed by atoms with Gasteiger partial charge in [0, 0.05) is 0 Å². The molecule has 0 radical (unpaired) electrons. The van der Waals surface area contributed by atoms with E-state index in [0.29, 0.717) is 0 Å². The molecule has 0 heterocycles. The van der Waals surface area contributed by atoms with Crippen LogP contribution in [0, 0.1) is 0 Å². The van der Waals surface area contributed by atoms with Crippen LogP contribution in [0.4, 0.5) is 26.3 Å². The summed E-state index contributed by atoms with van der Waals surface area (Å²) in [5.41, 5.74) is 0. The van der Waals surface area contributed by atoms with E-state index in [-0.39, 0.29) is 18.9 Å². The second-order valence-electron chi connectivity index (χ2n) is 2.68. The fourth-order valence-electron chi connectivity index (χ4n) is 0.437. The second kappa shape index (κ2) is 7.29. The van der Waals surface area contributed by atoms with Crippen LogP contribution >= 0.6 is 0 Å². The van der Waals surface area contributed by atoms with Crippen molar-refractivity contribution in [1.29, 1.82) is 0 Å². The van der Waals surface area contributed by atoms with Crippen LogP contribution in [0.2, 0.25) is 0 Å². The Morgan fingerprint density at radius 2 is 1.00 bits per heavy atom. The van der Waals surface area contributed by atoms with Crippen LogP contribution in [-0.2, 0) is 29.0 Å². The molecule has 0 aromatic rings. The molecular weight excluding hydrogens is 343 g/mol. The van der Waals surface area contributed by atoms with Gasteiger partial charge in [0.15, 0.2) is 13.2 Å². The van der Waals surface area contributed by atoms with E-state index in [1.165, 1.54) is 0 Å². The van der Waals surface area contributed by atoms with Crippen LogP contribution < -0.4 is 18.9 Å². The molecule has 0 rings (SSSR count). The number of halogens is 6. The van der Waals surface area contributed by atoms with Crippen molar-refractivity contribution in [3.05, 3.63) is 4.13 Å². The van der Waals surface area contributed by atoms with E-state index < -0.39 is 46.2 Å². The molecule has 0 aliphatic heterocycles. The largest absolute Gasteiger partial charge is 1.00 e. The summed E-state index contributed by atoms with van der Waals surface area (Å²) in [5, 5.41) is 0. The number of nitrogens with zero attached hydrogens (tertiary/aromatic N) is 1. The monoisotopic (exact) mass is 347 g/mol. The van der Waals surface area contributed by atoms with Crippen molar-refractivity contribution in [3.63, 3.8) is 0 Å². The summed E-state index contributed by atoms with van der Waals surface area (Å²) in [4.78, 5) is 0. The van der Waals surface area contributed by atoms with Gasteiger partial charge >= 0.3 is 31.2 Å². The van der Waals surface area contributed by atoms with Crippen molar-refractivity contribution in [2.24, 2.45) is 0 Å². The van der Waals surface area contributed by atoms with E-state index in [2.05, 4.69) is 8.37 Å². The van der Waals surface area contributed by atoms with Crippen molar-refractivity contribution in [3.8, 4) is 0 Å². The zero-order valence-corrected chi connectivity index (χ0v) is 11.0. The Morgan fingerprint density at radius 1 is 0.750 bits per heavy atom. The summed E-state index contributed by atoms with van der Waals surface area (Å²) in [6, 6.07) is 0. The Bertz CT molecular complexity index is 451. The molecule has 0 aliphatic carbocycles. The first-order valence-electron chi connectivity index (χ1n) is 3.78. The number of hydrogen-bond donors (Lipinski definition) is 0. The van der Waals surface area contributed by atoms with Gasteiger partial charge in [-0.15, -0.1) is 0 Å². The third-order valence-corrected chi connectivity index (χ3v) is 3.22. The van der Waals surface area contributed by atoms with Gasteiger partial charge in [-0.3, -0.25) is 8.37 Å². The average Bonchev–Trinajstić information content (AvgIpc) is 2.09. The van der Waals surface area contributed by atoms with Gasteiger partial charge in [0.25, 0.3) is 0 Å². The standard InChI is InChI=1S/C4H4F6NO6S2.Li/c5-3(6,7)1-16-18(12,13)11-19(14,15)17-2-4(8,9)10;/h1-2H2;/q-1;+1. The van der Waals surface area contributed by atoms with E-state index in [1.807, 2.05) is 0 Å². The van der Waals surface area contributed by atoms with Crippen LogP contribution in [0.3, 0.4) is 0 Å². The maximum Gasteiger partial charge on any atom is 1.00 e. The number of hydrogen-bond acceptors (Lipinski definition) is 6. The summed E-state index contributed by atoms with van der Waals surface area (Å²) < 4.78 is 120. The third-order valence-electron chi connectivity index (χ3n) is 0.926. The Morgan fingerprint density at radius 3 is 1.20 bits per heavy atom. The van der Waals surface area contributed by atoms with Crippen molar-refractivity contribution in [2.75, 3.05) is 13.2 Å². The summed E-state index contributed by atoms with van der Waals surface area (Å²) in [6.07, 6.45) is -10.2. The minimum atomic E-state index is -5.62. The van der Waals surface area contributed by atoms with Gasteiger partial charge in [0.2, 0.25) is 20.6 Å². The van der Waals surface area contributed by atoms with Gasteiger partial charge in [0.05, 0.1) is 0 Å². The predicted octanol–water partition coefficient (Wildman–Crippen LogP) is -1.99. The molecule has 0 atom stereocenters. The number of rotatable bonds is 6. The minimum absolute atomic E-state index is 0. The van der Waals surface area contributed by atoms with Gasteiger partial charge < -0.3 is 4.13 Å². The van der Waals surface area contributed by atoms with Crippen molar-refractivity contribution in [2.45, 2.75) is 12.4 Å². The van der Waals surface area contributed by atoms with E-state index in [9.17, 15) is 43.2 Å². The fourth-order valence-corrected chi connectivity index (χ4v) is 2.24. The molecule has 116 valence electrons. The molecular formula is C4H4F6LiNO6S2. The molecule has 20 heavy (non-hydrogen) atoms. The molecule has 0 amide bonds. The Kier molecular flexibility index (Phi) is 8.11. The quantitative estimate of drug-likeness (QED) is 0.407. The van der Waals surface area contributed by atoms with E-state index in [4.69, 9.17) is 0 Å². The van der Waals surface area contributed by atoms with Gasteiger partial charge in [-0.2, -0.15) is 26.3 Å². The fraction of sp³-hybridized carbons (Fsp3) is 1.00. The maximum absolute atomic E-state index is 11.6. The molecule has 0 aromatic carbocycles. The zero-order valence-electron chi connectivity index (χ0n) is 9.40. The van der Waals surface area contributed by atoms with Crippen molar-refractivity contribution >= 4 is 20.6 Å². The SMILES string of the molecule is O=S(=O)([N-]S(=O)(=O)OCC(F)(F)F)OCC(F)(F)F.[Li+]. The van der Waals surface area contributed by atoms with E-state index >= 15 is 0 Å². The molecule has 0 unspecified atom stereocenters. The molecule has 0 N–H and O–H groups in total. The van der Waals surface area contributed by atoms with Crippen molar-refractivity contribution in [1.82, 2.24) is 0 Å². The summed E-state index contributed by atoms with van der Waals surface area (Å²) in [6.45, 7) is -4.79. The minimum Gasteiger partial charge on any atom is -0.387 e. The van der Waals surface area contributed by atoms with Crippen LogP contribution in [-0.4, -0.2) is 42.4 Å². The molecule has 0 bridgehead atoms. The molecule has 0 saturated heterocycles. The molecule has 16 heteroatoms. The van der Waals surface area contributed by atoms with E-state index in [1.54, 1.807) is 4.13 Å². The summed E-state index contributed by atoms with van der Waals surface area (Å²) in [7, 11) is -11.2. The summed E-state index contributed by atoms with van der Waals surface area (Å²) in [5.74, 6) is 0. The normalized spacial score (nSPS) is 13.9. The Labute approximate surface area is 121 Å². The second-order valence-corrected chi connectivity index (χ2v) is 5.46. The van der Waals surface area contributed by atoms with Gasteiger partial charge in [-0.05, 0) is 0 Å². The first-order valence-corrected chi connectivity index (χ1v) is 6.51. The maximum atomic E-state index is 11.6. The first kappa shape index (κ1) is 22.2. The Balaban J connectivity index is 0. The molecule has 7 nitrogen and oxygen atoms in total. The van der Waals surface area contributed by atoms with Crippen molar-refractivity contribution < 1.29 is 70.4 Å². The molecule has 0 saturated carbocycles. The van der Waals surface area contributed by atoms with Gasteiger partial charge in [-0.25, -0.2) is 16.8 Å². The topological polar surface area (TPSA) is 101 Å². The smallest absolute Gasteiger partial charge is 0.387 e. The van der Waals surface area contributed by atoms with Gasteiger partial charge in [0.1, 0.15) is 0 Å². The van der Waals surface area contributed by atoms with E-state index in [0.717, 1.165) is 0 Å². The first-order chi connectivity index (χ1) is 8.12. The predicted molar refractivity (Wildman–Crippen MR) is 45.2 cm³/mol. The van der Waals surface area contributed by atoms with Crippen LogP contribution in [0.15, 0.2) is 0 Å². The summed E-state index contributed by atoms with van der Waals surface area (Å²) >= 11 is 0. The van der Waals surface area contributed by atoms with Crippen LogP contribution in [0.25, 0.3) is 4.13 Å². The third kappa shape index (κ3) is 13.0. The van der Waals surface area contributed by atoms with Gasteiger partial charge in [-0.1, -0.05) is 0 Å². The molecule has 0 aromatic heterocycles. The zero-order chi connectivity index (χ0) is 15.5. The molecule has 0 fully saturated rings. The van der Waals surface area contributed by atoms with Crippen LogP contribution in [0.5, 0.6) is 0 Å². The van der Waals surface area contributed by atoms with Crippen LogP contribution in [0.1, 0.15) is 0 Å².